The lowest BCUT2D eigenvalue weighted by atomic mass is 10.1. The molecule has 1 fully saturated rings. The van der Waals surface area contributed by atoms with Gasteiger partial charge in [-0.25, -0.2) is 4.79 Å². The van der Waals surface area contributed by atoms with Crippen LogP contribution in [0.4, 0.5) is 5.69 Å². The molecule has 0 aliphatic heterocycles. The number of nitrogens with one attached hydrogen (secondary N) is 2. The third-order valence-electron chi connectivity index (χ3n) is 4.04. The van der Waals surface area contributed by atoms with Gasteiger partial charge >= 0.3 is 5.97 Å². The van der Waals surface area contributed by atoms with E-state index in [0.29, 0.717) is 0 Å². The number of anilines is 1. The van der Waals surface area contributed by atoms with Crippen LogP contribution >= 0.6 is 0 Å². The molecule has 25 heavy (non-hydrogen) atoms. The van der Waals surface area contributed by atoms with Gasteiger partial charge < -0.3 is 20.2 Å². The second-order valence-corrected chi connectivity index (χ2v) is 6.09. The minimum Gasteiger partial charge on any atom is -0.478 e. The van der Waals surface area contributed by atoms with Gasteiger partial charge in [0.1, 0.15) is 6.26 Å². The quantitative estimate of drug-likeness (QED) is 0.748. The Bertz CT molecular complexity index is 805. The molecule has 1 aliphatic rings. The third-order valence-corrected chi connectivity index (χ3v) is 4.04. The van der Waals surface area contributed by atoms with Gasteiger partial charge in [0.25, 0.3) is 5.91 Å². The molecule has 1 saturated carbocycles. The van der Waals surface area contributed by atoms with Gasteiger partial charge in [-0.15, -0.1) is 0 Å². The summed E-state index contributed by atoms with van der Waals surface area (Å²) in [5.41, 5.74) is 1.49. The second kappa shape index (κ2) is 6.80. The van der Waals surface area contributed by atoms with Crippen molar-refractivity contribution in [3.63, 3.8) is 0 Å². The van der Waals surface area contributed by atoms with Crippen molar-refractivity contribution in [2.24, 2.45) is 5.92 Å². The number of benzene rings is 1. The molecule has 1 aliphatic carbocycles. The summed E-state index contributed by atoms with van der Waals surface area (Å²) in [6.07, 6.45) is 2.92. The standard InChI is InChI=1S/C18H18N2O5/c1-10(19-17(22)15-8-13(9-25-15)18(23)24)11-4-6-14(7-5-11)20-16(21)12-2-3-12/h4-10,12H,2-3H2,1H3,(H,19,22)(H,20,21)(H,23,24). The molecule has 1 aromatic carbocycles. The number of furan rings is 1. The van der Waals surface area contributed by atoms with Gasteiger partial charge in [-0.1, -0.05) is 12.1 Å². The molecule has 0 saturated heterocycles. The van der Waals surface area contributed by atoms with Crippen LogP contribution in [0.25, 0.3) is 0 Å². The topological polar surface area (TPSA) is 109 Å². The van der Waals surface area contributed by atoms with Crippen LogP contribution in [-0.2, 0) is 4.79 Å². The van der Waals surface area contributed by atoms with Gasteiger partial charge in [0.15, 0.2) is 5.76 Å². The fourth-order valence-corrected chi connectivity index (χ4v) is 2.36. The number of carbonyl (C=O) groups excluding carboxylic acids is 2. The van der Waals surface area contributed by atoms with Crippen molar-refractivity contribution in [3.8, 4) is 0 Å². The molecule has 130 valence electrons. The summed E-state index contributed by atoms with van der Waals surface area (Å²) in [7, 11) is 0. The summed E-state index contributed by atoms with van der Waals surface area (Å²) >= 11 is 0. The zero-order valence-electron chi connectivity index (χ0n) is 13.6. The van der Waals surface area contributed by atoms with E-state index in [1.807, 2.05) is 12.1 Å². The molecule has 1 aromatic heterocycles. The Labute approximate surface area is 144 Å². The largest absolute Gasteiger partial charge is 0.478 e. The third kappa shape index (κ3) is 4.06. The smallest absolute Gasteiger partial charge is 0.338 e. The van der Waals surface area contributed by atoms with Crippen LogP contribution in [0, 0.1) is 5.92 Å². The summed E-state index contributed by atoms with van der Waals surface area (Å²) in [6, 6.07) is 8.08. The van der Waals surface area contributed by atoms with Crippen LogP contribution in [0.3, 0.4) is 0 Å². The van der Waals surface area contributed by atoms with Crippen molar-refractivity contribution < 1.29 is 23.9 Å². The van der Waals surface area contributed by atoms with Crippen LogP contribution in [0.5, 0.6) is 0 Å². The molecule has 3 N–H and O–H groups in total. The monoisotopic (exact) mass is 342 g/mol. The van der Waals surface area contributed by atoms with Gasteiger partial charge in [0, 0.05) is 17.7 Å². The molecule has 1 unspecified atom stereocenters. The van der Waals surface area contributed by atoms with Crippen LogP contribution in [0.2, 0.25) is 0 Å². The van der Waals surface area contributed by atoms with Gasteiger partial charge in [-0.3, -0.25) is 9.59 Å². The summed E-state index contributed by atoms with van der Waals surface area (Å²) in [4.78, 5) is 34.6. The minimum absolute atomic E-state index is 0.0427. The molecule has 0 spiro atoms. The van der Waals surface area contributed by atoms with Gasteiger partial charge in [-0.05, 0) is 37.5 Å². The van der Waals surface area contributed by atoms with Crippen LogP contribution in [0.15, 0.2) is 41.0 Å². The number of rotatable bonds is 6. The minimum atomic E-state index is -1.15. The van der Waals surface area contributed by atoms with Gasteiger partial charge in [0.05, 0.1) is 11.6 Å². The number of amides is 2. The van der Waals surface area contributed by atoms with Gasteiger partial charge in [0.2, 0.25) is 5.91 Å². The molecule has 0 bridgehead atoms. The van der Waals surface area contributed by atoms with Crippen molar-refractivity contribution in [1.29, 1.82) is 0 Å². The molecule has 3 rings (SSSR count). The van der Waals surface area contributed by atoms with Crippen molar-refractivity contribution in [1.82, 2.24) is 5.32 Å². The normalized spacial score (nSPS) is 14.6. The predicted molar refractivity (Wildman–Crippen MR) is 89.3 cm³/mol. The van der Waals surface area contributed by atoms with Crippen molar-refractivity contribution >= 4 is 23.5 Å². The molecule has 7 heteroatoms. The number of hydrogen-bond acceptors (Lipinski definition) is 4. The fraction of sp³-hybridized carbons (Fsp3) is 0.278. The van der Waals surface area contributed by atoms with Crippen LogP contribution in [-0.4, -0.2) is 22.9 Å². The first kappa shape index (κ1) is 16.8. The van der Waals surface area contributed by atoms with E-state index in [4.69, 9.17) is 9.52 Å². The average molecular weight is 342 g/mol. The second-order valence-electron chi connectivity index (χ2n) is 6.09. The molecule has 1 atom stereocenters. The zero-order valence-corrected chi connectivity index (χ0v) is 13.6. The summed E-state index contributed by atoms with van der Waals surface area (Å²) < 4.78 is 4.98. The number of carboxylic acid groups (broad SMARTS) is 1. The average Bonchev–Trinajstić information content (AvgIpc) is 3.31. The number of aromatic carboxylic acids is 1. The van der Waals surface area contributed by atoms with E-state index in [-0.39, 0.29) is 29.2 Å². The Hall–Kier alpha value is -3.09. The number of hydrogen-bond donors (Lipinski definition) is 3. The molecule has 7 nitrogen and oxygen atoms in total. The Morgan fingerprint density at radius 1 is 1.20 bits per heavy atom. The maximum Gasteiger partial charge on any atom is 0.338 e. The van der Waals surface area contributed by atoms with E-state index in [1.165, 1.54) is 6.07 Å². The molecule has 0 radical (unpaired) electrons. The highest BCUT2D eigenvalue weighted by Crippen LogP contribution is 2.30. The maximum absolute atomic E-state index is 12.1. The Morgan fingerprint density at radius 2 is 1.88 bits per heavy atom. The predicted octanol–water partition coefficient (Wildman–Crippen LogP) is 2.82. The van der Waals surface area contributed by atoms with E-state index in [0.717, 1.165) is 30.4 Å². The lowest BCUT2D eigenvalue weighted by molar-refractivity contribution is -0.117. The highest BCUT2D eigenvalue weighted by atomic mass is 16.4. The lowest BCUT2D eigenvalue weighted by Crippen LogP contribution is -2.26. The molecular weight excluding hydrogens is 324 g/mol. The first-order valence-electron chi connectivity index (χ1n) is 7.97. The van der Waals surface area contributed by atoms with Crippen molar-refractivity contribution in [2.45, 2.75) is 25.8 Å². The molecular formula is C18H18N2O5. The summed E-state index contributed by atoms with van der Waals surface area (Å²) in [5, 5.41) is 14.4. The van der Waals surface area contributed by atoms with E-state index in [2.05, 4.69) is 10.6 Å². The summed E-state index contributed by atoms with van der Waals surface area (Å²) in [5.74, 6) is -1.52. The molecule has 2 aromatic rings. The van der Waals surface area contributed by atoms with Crippen molar-refractivity contribution in [2.75, 3.05) is 5.32 Å². The van der Waals surface area contributed by atoms with E-state index in [1.54, 1.807) is 19.1 Å². The Morgan fingerprint density at radius 3 is 2.44 bits per heavy atom. The molecule has 1 heterocycles. The van der Waals surface area contributed by atoms with E-state index in [9.17, 15) is 14.4 Å². The first-order valence-corrected chi connectivity index (χ1v) is 7.97. The molecule has 2 amide bonds. The van der Waals surface area contributed by atoms with Crippen molar-refractivity contribution in [3.05, 3.63) is 53.5 Å². The zero-order chi connectivity index (χ0) is 18.0. The first-order chi connectivity index (χ1) is 11.9. The summed E-state index contributed by atoms with van der Waals surface area (Å²) in [6.45, 7) is 1.80. The lowest BCUT2D eigenvalue weighted by Gasteiger charge is -2.14. The van der Waals surface area contributed by atoms with E-state index >= 15 is 0 Å². The fourth-order valence-electron chi connectivity index (χ4n) is 2.36. The maximum atomic E-state index is 12.1. The van der Waals surface area contributed by atoms with E-state index < -0.39 is 11.9 Å². The Kier molecular flexibility index (Phi) is 4.56. The highest BCUT2D eigenvalue weighted by molar-refractivity contribution is 5.96. The van der Waals surface area contributed by atoms with Crippen LogP contribution in [0.1, 0.15) is 52.3 Å². The van der Waals surface area contributed by atoms with Gasteiger partial charge in [-0.2, -0.15) is 0 Å². The SMILES string of the molecule is CC(NC(=O)c1cc(C(=O)O)co1)c1ccc(NC(=O)C2CC2)cc1. The number of carbonyl (C=O) groups is 3. The Balaban J connectivity index is 1.59. The number of carboxylic acids is 1. The van der Waals surface area contributed by atoms with Crippen LogP contribution < -0.4 is 10.6 Å². The highest BCUT2D eigenvalue weighted by Gasteiger charge is 2.29.